The van der Waals surface area contributed by atoms with Crippen molar-refractivity contribution in [1.29, 1.82) is 0 Å². The van der Waals surface area contributed by atoms with Gasteiger partial charge in [-0.1, -0.05) is 30.3 Å². The van der Waals surface area contributed by atoms with Gasteiger partial charge in [-0.3, -0.25) is 14.4 Å². The van der Waals surface area contributed by atoms with E-state index in [-0.39, 0.29) is 32.0 Å². The Labute approximate surface area is 181 Å². The lowest BCUT2D eigenvalue weighted by atomic mass is 10.0. The SMILES string of the molecule is CN1C(=O)CN(C(=O)CCNC(=O)OC(C)(C)C)CC(C(=O)O)/C=C\1c1ccccc1. The molecule has 3 amide bonds. The van der Waals surface area contributed by atoms with Crippen LogP contribution < -0.4 is 5.32 Å². The highest BCUT2D eigenvalue weighted by Gasteiger charge is 2.30. The monoisotopic (exact) mass is 431 g/mol. The van der Waals surface area contributed by atoms with E-state index in [0.29, 0.717) is 11.3 Å². The highest BCUT2D eigenvalue weighted by Crippen LogP contribution is 2.23. The standard InChI is InChI=1S/C22H29N3O6/c1-22(2,3)31-21(30)23-11-10-18(26)25-13-16(20(28)29)12-17(24(4)19(27)14-25)15-8-6-5-7-9-15/h5-9,12,16H,10-11,13-14H2,1-4H3,(H,23,30)(H,28,29)/b17-12-. The number of ether oxygens (including phenoxy) is 1. The lowest BCUT2D eigenvalue weighted by molar-refractivity contribution is -0.144. The van der Waals surface area contributed by atoms with Gasteiger partial charge in [0.15, 0.2) is 0 Å². The predicted molar refractivity (Wildman–Crippen MR) is 114 cm³/mol. The van der Waals surface area contributed by atoms with E-state index < -0.39 is 29.5 Å². The van der Waals surface area contributed by atoms with Gasteiger partial charge < -0.3 is 25.0 Å². The molecule has 1 atom stereocenters. The van der Waals surface area contributed by atoms with E-state index in [1.54, 1.807) is 52.1 Å². The van der Waals surface area contributed by atoms with Gasteiger partial charge in [0.05, 0.1) is 5.92 Å². The molecule has 0 radical (unpaired) electrons. The maximum atomic E-state index is 12.7. The van der Waals surface area contributed by atoms with E-state index in [2.05, 4.69) is 5.32 Å². The minimum atomic E-state index is -1.10. The van der Waals surface area contributed by atoms with E-state index in [9.17, 15) is 24.3 Å². The van der Waals surface area contributed by atoms with Crippen LogP contribution in [0.2, 0.25) is 0 Å². The first-order valence-electron chi connectivity index (χ1n) is 9.99. The number of hydrogen-bond acceptors (Lipinski definition) is 5. The molecule has 1 aromatic carbocycles. The maximum absolute atomic E-state index is 12.7. The van der Waals surface area contributed by atoms with Crippen LogP contribution in [0.1, 0.15) is 32.8 Å². The molecule has 1 unspecified atom stereocenters. The summed E-state index contributed by atoms with van der Waals surface area (Å²) >= 11 is 0. The molecule has 0 aromatic heterocycles. The molecule has 0 fully saturated rings. The zero-order chi connectivity index (χ0) is 23.2. The molecular weight excluding hydrogens is 402 g/mol. The van der Waals surface area contributed by atoms with Crippen LogP contribution in [0.3, 0.4) is 0 Å². The minimum Gasteiger partial charge on any atom is -0.481 e. The number of amides is 3. The topological polar surface area (TPSA) is 116 Å². The Morgan fingerprint density at radius 1 is 1.19 bits per heavy atom. The Morgan fingerprint density at radius 3 is 2.42 bits per heavy atom. The van der Waals surface area contributed by atoms with Gasteiger partial charge in [0.25, 0.3) is 0 Å². The number of nitrogens with one attached hydrogen (secondary N) is 1. The third-order valence-corrected chi connectivity index (χ3v) is 4.58. The van der Waals surface area contributed by atoms with E-state index in [1.807, 2.05) is 6.07 Å². The number of carbonyl (C=O) groups excluding carboxylic acids is 3. The number of benzene rings is 1. The van der Waals surface area contributed by atoms with Gasteiger partial charge in [-0.2, -0.15) is 0 Å². The molecule has 0 spiro atoms. The Balaban J connectivity index is 2.12. The van der Waals surface area contributed by atoms with Crippen LogP contribution in [0.5, 0.6) is 0 Å². The molecule has 0 bridgehead atoms. The van der Waals surface area contributed by atoms with Crippen LogP contribution in [0.15, 0.2) is 36.4 Å². The van der Waals surface area contributed by atoms with Crippen molar-refractivity contribution in [1.82, 2.24) is 15.1 Å². The van der Waals surface area contributed by atoms with Crippen molar-refractivity contribution < 1.29 is 29.0 Å². The van der Waals surface area contributed by atoms with E-state index in [4.69, 9.17) is 4.74 Å². The first-order chi connectivity index (χ1) is 14.5. The molecule has 31 heavy (non-hydrogen) atoms. The molecule has 2 N–H and O–H groups in total. The van der Waals surface area contributed by atoms with Crippen LogP contribution in [0, 0.1) is 5.92 Å². The zero-order valence-corrected chi connectivity index (χ0v) is 18.3. The number of hydrogen-bond donors (Lipinski definition) is 2. The molecule has 1 aliphatic heterocycles. The maximum Gasteiger partial charge on any atom is 0.407 e. The highest BCUT2D eigenvalue weighted by atomic mass is 16.6. The van der Waals surface area contributed by atoms with Gasteiger partial charge in [0.2, 0.25) is 11.8 Å². The van der Waals surface area contributed by atoms with E-state index in [0.717, 1.165) is 0 Å². The Morgan fingerprint density at radius 2 is 1.84 bits per heavy atom. The van der Waals surface area contributed by atoms with Crippen molar-refractivity contribution in [3.05, 3.63) is 42.0 Å². The van der Waals surface area contributed by atoms with Crippen LogP contribution in [-0.2, 0) is 19.1 Å². The Bertz CT molecular complexity index is 860. The smallest absolute Gasteiger partial charge is 0.407 e. The third-order valence-electron chi connectivity index (χ3n) is 4.58. The lowest BCUT2D eigenvalue weighted by Crippen LogP contribution is -2.46. The molecule has 0 saturated carbocycles. The predicted octanol–water partition coefficient (Wildman–Crippen LogP) is 1.94. The van der Waals surface area contributed by atoms with E-state index >= 15 is 0 Å². The number of nitrogens with zero attached hydrogens (tertiary/aromatic N) is 2. The first kappa shape index (κ1) is 23.9. The fourth-order valence-electron chi connectivity index (χ4n) is 3.04. The second-order valence-electron chi connectivity index (χ2n) is 8.27. The molecular formula is C22H29N3O6. The van der Waals surface area contributed by atoms with Gasteiger partial charge in [-0.25, -0.2) is 4.79 Å². The van der Waals surface area contributed by atoms with Crippen LogP contribution >= 0.6 is 0 Å². The normalized spacial score (nSPS) is 19.0. The summed E-state index contributed by atoms with van der Waals surface area (Å²) in [6.45, 7) is 4.79. The summed E-state index contributed by atoms with van der Waals surface area (Å²) in [5.41, 5.74) is 0.536. The second-order valence-corrected chi connectivity index (χ2v) is 8.27. The quantitative estimate of drug-likeness (QED) is 0.736. The average molecular weight is 431 g/mol. The minimum absolute atomic E-state index is 0.0110. The molecule has 2 rings (SSSR count). The van der Waals surface area contributed by atoms with Gasteiger partial charge in [0, 0.05) is 32.3 Å². The number of carbonyl (C=O) groups is 4. The molecule has 1 aliphatic rings. The number of carboxylic acid groups (broad SMARTS) is 1. The Kier molecular flexibility index (Phi) is 7.79. The zero-order valence-electron chi connectivity index (χ0n) is 18.3. The molecule has 1 aromatic rings. The lowest BCUT2D eigenvalue weighted by Gasteiger charge is -2.31. The van der Waals surface area contributed by atoms with Crippen molar-refractivity contribution in [3.63, 3.8) is 0 Å². The summed E-state index contributed by atoms with van der Waals surface area (Å²) in [7, 11) is 1.55. The highest BCUT2D eigenvalue weighted by molar-refractivity contribution is 5.92. The van der Waals surface area contributed by atoms with Gasteiger partial charge in [0.1, 0.15) is 12.1 Å². The number of alkyl carbamates (subject to hydrolysis) is 1. The van der Waals surface area contributed by atoms with E-state index in [1.165, 1.54) is 15.9 Å². The number of rotatable bonds is 5. The number of carboxylic acids is 1. The van der Waals surface area contributed by atoms with Crippen molar-refractivity contribution >= 4 is 29.6 Å². The van der Waals surface area contributed by atoms with Crippen LogP contribution in [-0.4, -0.2) is 71.1 Å². The van der Waals surface area contributed by atoms with Crippen molar-refractivity contribution in [2.75, 3.05) is 26.7 Å². The van der Waals surface area contributed by atoms with Gasteiger partial charge in [-0.15, -0.1) is 0 Å². The largest absolute Gasteiger partial charge is 0.481 e. The fraction of sp³-hybridized carbons (Fsp3) is 0.455. The van der Waals surface area contributed by atoms with Crippen molar-refractivity contribution in [2.24, 2.45) is 5.92 Å². The summed E-state index contributed by atoms with van der Waals surface area (Å²) in [6.07, 6.45) is 0.758. The molecule has 1 heterocycles. The summed E-state index contributed by atoms with van der Waals surface area (Å²) in [4.78, 5) is 51.5. The molecule has 168 valence electrons. The third kappa shape index (κ3) is 7.13. The summed E-state index contributed by atoms with van der Waals surface area (Å²) < 4.78 is 5.11. The van der Waals surface area contributed by atoms with Crippen molar-refractivity contribution in [2.45, 2.75) is 32.8 Å². The van der Waals surface area contributed by atoms with Crippen molar-refractivity contribution in [3.8, 4) is 0 Å². The summed E-state index contributed by atoms with van der Waals surface area (Å²) in [5, 5.41) is 12.2. The molecule has 0 aliphatic carbocycles. The fourth-order valence-corrected chi connectivity index (χ4v) is 3.04. The molecule has 9 heteroatoms. The molecule has 9 nitrogen and oxygen atoms in total. The Hall–Kier alpha value is -3.36. The van der Waals surface area contributed by atoms with Gasteiger partial charge in [-0.05, 0) is 32.4 Å². The molecule has 0 saturated heterocycles. The average Bonchev–Trinajstić information content (AvgIpc) is 2.67. The number of aliphatic carboxylic acids is 1. The number of likely N-dealkylation sites (N-methyl/N-ethyl adjacent to an activating group) is 1. The van der Waals surface area contributed by atoms with Gasteiger partial charge >= 0.3 is 12.1 Å². The second kappa shape index (κ2) is 10.1. The summed E-state index contributed by atoms with van der Waals surface area (Å²) in [5.74, 6) is -2.86. The summed E-state index contributed by atoms with van der Waals surface area (Å²) in [6, 6.07) is 9.02. The van der Waals surface area contributed by atoms with Crippen LogP contribution in [0.25, 0.3) is 5.70 Å². The van der Waals surface area contributed by atoms with Crippen LogP contribution in [0.4, 0.5) is 4.79 Å². The first-order valence-corrected chi connectivity index (χ1v) is 9.99.